The van der Waals surface area contributed by atoms with Gasteiger partial charge in [0.2, 0.25) is 5.79 Å². The topological polar surface area (TPSA) is 160 Å². The number of carbonyl (C=O) groups is 1. The SMILES string of the molecule is CC(O)CCO.COc1ccc2c3c1O[C@H]1C(=O)CCC4(O)[C@@H](C2)N(C)CC[C@]314.COc1ccc2c3c1O[C@H]1C4(CCC5(O)[C@@H](C2)N(C)CC[C@]315)OCCC(C)O4. The highest BCUT2D eigenvalue weighted by atomic mass is 16.7. The van der Waals surface area contributed by atoms with E-state index in [1.165, 1.54) is 11.1 Å². The lowest BCUT2D eigenvalue weighted by atomic mass is 9.48. The fraction of sp³-hybridized carbons (Fsp3) is 0.705. The number of nitrogens with zero attached hydrogens (tertiary/aromatic N) is 2. The molecule has 2 saturated carbocycles. The van der Waals surface area contributed by atoms with Crippen LogP contribution in [0, 0.1) is 0 Å². The molecule has 9 aliphatic rings. The van der Waals surface area contributed by atoms with Crippen molar-refractivity contribution in [3.05, 3.63) is 46.5 Å². The summed E-state index contributed by atoms with van der Waals surface area (Å²) >= 11 is 0. The fourth-order valence-corrected chi connectivity index (χ4v) is 12.8. The maximum atomic E-state index is 12.7. The molecule has 312 valence electrons. The first-order chi connectivity index (χ1) is 27.2. The molecule has 5 heterocycles. The quantitative estimate of drug-likeness (QED) is 0.359. The van der Waals surface area contributed by atoms with Crippen LogP contribution in [0.1, 0.15) is 87.5 Å². The van der Waals surface area contributed by atoms with Crippen LogP contribution < -0.4 is 18.9 Å². The van der Waals surface area contributed by atoms with Gasteiger partial charge in [0.25, 0.3) is 0 Å². The molecular weight excluding hydrogens is 732 g/mol. The number of ether oxygens (including phenoxy) is 6. The third-order valence-electron chi connectivity index (χ3n) is 15.5. The summed E-state index contributed by atoms with van der Waals surface area (Å²) in [6, 6.07) is 8.28. The third-order valence-corrected chi connectivity index (χ3v) is 15.5. The summed E-state index contributed by atoms with van der Waals surface area (Å²) in [5.74, 6) is 2.19. The first-order valence-electron chi connectivity index (χ1n) is 21.0. The zero-order chi connectivity index (χ0) is 40.3. The molecule has 5 aliphatic heterocycles. The maximum Gasteiger partial charge on any atom is 0.207 e. The number of methoxy groups -OCH3 is 2. The smallest absolute Gasteiger partial charge is 0.207 e. The molecule has 0 aromatic heterocycles. The van der Waals surface area contributed by atoms with Gasteiger partial charge in [0.1, 0.15) is 0 Å². The highest BCUT2D eigenvalue weighted by Crippen LogP contribution is 2.68. The molecule has 0 radical (unpaired) electrons. The minimum absolute atomic E-state index is 0.0438. The van der Waals surface area contributed by atoms with Crippen LogP contribution in [0.5, 0.6) is 23.0 Å². The van der Waals surface area contributed by atoms with Crippen molar-refractivity contribution in [3.63, 3.8) is 0 Å². The fourth-order valence-electron chi connectivity index (χ4n) is 12.8. The van der Waals surface area contributed by atoms with Crippen molar-refractivity contribution < 1.29 is 53.6 Å². The molecule has 5 fully saturated rings. The van der Waals surface area contributed by atoms with Crippen molar-refractivity contribution >= 4 is 5.78 Å². The number of ketones is 1. The van der Waals surface area contributed by atoms with E-state index >= 15 is 0 Å². The summed E-state index contributed by atoms with van der Waals surface area (Å²) in [7, 11) is 7.51. The van der Waals surface area contributed by atoms with Gasteiger partial charge < -0.3 is 58.6 Å². The van der Waals surface area contributed by atoms with Gasteiger partial charge in [0.05, 0.1) is 55.1 Å². The molecule has 4 N–H and O–H groups in total. The first-order valence-corrected chi connectivity index (χ1v) is 21.0. The molecule has 0 amide bonds. The van der Waals surface area contributed by atoms with Crippen LogP contribution in [0.3, 0.4) is 0 Å². The highest BCUT2D eigenvalue weighted by molar-refractivity contribution is 5.90. The van der Waals surface area contributed by atoms with Crippen LogP contribution in [0.15, 0.2) is 24.3 Å². The monoisotopic (exact) mass is 792 g/mol. The van der Waals surface area contributed by atoms with Gasteiger partial charge in [-0.05, 0) is 116 Å². The Morgan fingerprint density at radius 1 is 0.842 bits per heavy atom. The lowest BCUT2D eigenvalue weighted by Crippen LogP contribution is -2.79. The first kappa shape index (κ1) is 39.5. The zero-order valence-electron chi connectivity index (χ0n) is 34.2. The largest absolute Gasteiger partial charge is 0.493 e. The molecule has 3 saturated heterocycles. The van der Waals surface area contributed by atoms with Gasteiger partial charge in [-0.2, -0.15) is 0 Å². The number of carbonyl (C=O) groups excluding carboxylic acids is 1. The zero-order valence-corrected chi connectivity index (χ0v) is 34.2. The second-order valence-electron chi connectivity index (χ2n) is 18.2. The standard InChI is InChI=1S/C22H29NO5.C18H21NO4.C4H10O2/c1-13-6-11-26-22(28-13)8-7-21(24)16-12-14-4-5-15(25-3)18-17(14)20(21,19(22)27-18)9-10-23(16)2;1-19-8-7-17-14-10-3-4-12(22-2)15(14)23-16(17)11(20)5-6-18(17,21)13(19)9-10;1-4(6)2-3-5/h4-5,13,16,19,24H,6-12H2,1-3H3;3-4,13,16,21H,5-9H2,1-2H3;4-6H,2-3H2,1H3/t13?,16-,19-,20+,21?,22?;13-,16+,17+,18?;/m11./s1. The number of aliphatic hydroxyl groups is 4. The normalized spacial score (nSPS) is 40.6. The van der Waals surface area contributed by atoms with Crippen molar-refractivity contribution in [1.29, 1.82) is 0 Å². The summed E-state index contributed by atoms with van der Waals surface area (Å²) < 4.78 is 36.8. The van der Waals surface area contributed by atoms with Gasteiger partial charge >= 0.3 is 0 Å². The average Bonchev–Trinajstić information content (AvgIpc) is 3.74. The van der Waals surface area contributed by atoms with E-state index in [0.717, 1.165) is 67.8 Å². The van der Waals surface area contributed by atoms with Crippen molar-refractivity contribution in [2.75, 3.05) is 54.6 Å². The van der Waals surface area contributed by atoms with E-state index in [9.17, 15) is 15.0 Å². The van der Waals surface area contributed by atoms with E-state index in [4.69, 9.17) is 38.6 Å². The number of rotatable bonds is 4. The molecule has 4 bridgehead atoms. The molecular formula is C44H60N2O11. The number of hydrogen-bond donors (Lipinski definition) is 4. The van der Waals surface area contributed by atoms with Crippen LogP contribution in [-0.4, -0.2) is 144 Å². The Balaban J connectivity index is 0.000000132. The molecule has 2 aromatic carbocycles. The lowest BCUT2D eigenvalue weighted by molar-refractivity contribution is -0.364. The Kier molecular flexibility index (Phi) is 9.53. The van der Waals surface area contributed by atoms with E-state index in [1.54, 1.807) is 21.1 Å². The van der Waals surface area contributed by atoms with Crippen molar-refractivity contribution in [3.8, 4) is 23.0 Å². The molecule has 13 nitrogen and oxygen atoms in total. The van der Waals surface area contributed by atoms with Crippen LogP contribution in [0.25, 0.3) is 0 Å². The van der Waals surface area contributed by atoms with E-state index in [1.807, 2.05) is 12.1 Å². The summed E-state index contributed by atoms with van der Waals surface area (Å²) in [5, 5.41) is 40.5. The number of hydrogen-bond acceptors (Lipinski definition) is 13. The maximum absolute atomic E-state index is 12.7. The Bertz CT molecular complexity index is 1930. The van der Waals surface area contributed by atoms with Gasteiger partial charge in [0.15, 0.2) is 41.0 Å². The molecule has 11 rings (SSSR count). The van der Waals surface area contributed by atoms with Gasteiger partial charge in [-0.3, -0.25) is 4.79 Å². The Hall–Kier alpha value is -3.01. The molecule has 4 aliphatic carbocycles. The summed E-state index contributed by atoms with van der Waals surface area (Å²) in [6.45, 7) is 6.30. The average molecular weight is 793 g/mol. The third kappa shape index (κ3) is 5.19. The number of Topliss-reactive ketones (excluding diaryl/α,β-unsaturated/α-hetero) is 1. The molecule has 57 heavy (non-hydrogen) atoms. The van der Waals surface area contributed by atoms with Gasteiger partial charge in [-0.1, -0.05) is 12.1 Å². The molecule has 2 aromatic rings. The Morgan fingerprint density at radius 3 is 1.98 bits per heavy atom. The minimum atomic E-state index is -0.900. The van der Waals surface area contributed by atoms with Crippen LogP contribution >= 0.6 is 0 Å². The number of benzene rings is 2. The van der Waals surface area contributed by atoms with Gasteiger partial charge in [-0.25, -0.2) is 0 Å². The Morgan fingerprint density at radius 2 is 1.42 bits per heavy atom. The second kappa shape index (κ2) is 13.8. The van der Waals surface area contributed by atoms with Crippen molar-refractivity contribution in [1.82, 2.24) is 9.80 Å². The minimum Gasteiger partial charge on any atom is -0.493 e. The van der Waals surface area contributed by atoms with Crippen LogP contribution in [0.4, 0.5) is 0 Å². The predicted octanol–water partition coefficient (Wildman–Crippen LogP) is 2.80. The highest BCUT2D eigenvalue weighted by Gasteiger charge is 2.77. The van der Waals surface area contributed by atoms with Crippen LogP contribution in [-0.2, 0) is 37.9 Å². The second-order valence-corrected chi connectivity index (χ2v) is 18.2. The Labute approximate surface area is 335 Å². The molecule has 5 unspecified atom stereocenters. The molecule has 13 heteroatoms. The van der Waals surface area contributed by atoms with Gasteiger partial charge in [0, 0.05) is 42.7 Å². The number of fused-ring (bicyclic) bond motifs is 1. The summed E-state index contributed by atoms with van der Waals surface area (Å²) in [4.78, 5) is 17.2. The predicted molar refractivity (Wildman–Crippen MR) is 208 cm³/mol. The molecule has 11 atom stereocenters. The summed E-state index contributed by atoms with van der Waals surface area (Å²) in [6.07, 6.45) is 5.65. The number of piperidine rings is 2. The van der Waals surface area contributed by atoms with E-state index in [2.05, 4.69) is 43.0 Å². The van der Waals surface area contributed by atoms with E-state index in [-0.39, 0.29) is 42.8 Å². The van der Waals surface area contributed by atoms with Crippen molar-refractivity contribution in [2.24, 2.45) is 0 Å². The van der Waals surface area contributed by atoms with E-state index < -0.39 is 33.9 Å². The number of likely N-dealkylation sites (tertiary alicyclic amines) is 2. The number of likely N-dealkylation sites (N-methyl/N-ethyl adjacent to an activating group) is 2. The van der Waals surface area contributed by atoms with Crippen molar-refractivity contribution in [2.45, 2.75) is 142 Å². The number of aliphatic hydroxyl groups excluding tert-OH is 2. The summed E-state index contributed by atoms with van der Waals surface area (Å²) in [5.41, 5.74) is 1.78. The van der Waals surface area contributed by atoms with E-state index in [0.29, 0.717) is 50.2 Å². The van der Waals surface area contributed by atoms with Gasteiger partial charge in [-0.15, -0.1) is 0 Å². The lowest BCUT2D eigenvalue weighted by Gasteiger charge is -2.65. The van der Waals surface area contributed by atoms with Crippen LogP contribution in [0.2, 0.25) is 0 Å². The molecule has 3 spiro atoms.